The maximum atomic E-state index is 11.3. The van der Waals surface area contributed by atoms with Gasteiger partial charge in [0.2, 0.25) is 0 Å². The minimum Gasteiger partial charge on any atom is -0.445 e. The number of amides is 1. The van der Waals surface area contributed by atoms with E-state index in [1.54, 1.807) is 0 Å². The first-order valence-corrected chi connectivity index (χ1v) is 4.67. The Kier molecular flexibility index (Phi) is 4.91. The monoisotopic (exact) mass is 202 g/mol. The lowest BCUT2D eigenvalue weighted by Gasteiger charge is -2.21. The molecular weight excluding hydrogens is 180 g/mol. The van der Waals surface area contributed by atoms with Gasteiger partial charge in [0.05, 0.1) is 0 Å². The van der Waals surface area contributed by atoms with Gasteiger partial charge in [-0.2, -0.15) is 0 Å². The van der Waals surface area contributed by atoms with Gasteiger partial charge < -0.3 is 15.4 Å². The van der Waals surface area contributed by atoms with Crippen LogP contribution in [-0.2, 0) is 4.74 Å². The second-order valence-electron chi connectivity index (χ2n) is 4.40. The minimum atomic E-state index is -0.318. The van der Waals surface area contributed by atoms with E-state index in [2.05, 4.69) is 10.6 Å². The van der Waals surface area contributed by atoms with Crippen LogP contribution in [0.5, 0.6) is 0 Å². The van der Waals surface area contributed by atoms with Crippen LogP contribution >= 0.6 is 0 Å². The molecule has 1 aliphatic heterocycles. The maximum absolute atomic E-state index is 11.3. The van der Waals surface area contributed by atoms with Gasteiger partial charge in [0.25, 0.3) is 0 Å². The van der Waals surface area contributed by atoms with Crippen LogP contribution in [0.4, 0.5) is 4.79 Å². The van der Waals surface area contributed by atoms with Gasteiger partial charge >= 0.3 is 6.09 Å². The highest BCUT2D eigenvalue weighted by molar-refractivity contribution is 5.68. The van der Waals surface area contributed by atoms with Crippen LogP contribution in [0.15, 0.2) is 0 Å². The number of alkyl carbamates (subject to hydrolysis) is 1. The normalized spacial score (nSPS) is 21.2. The molecule has 1 unspecified atom stereocenters. The third kappa shape index (κ3) is 5.07. The zero-order chi connectivity index (χ0) is 9.90. The number of carbonyl (C=O) groups is 1. The van der Waals surface area contributed by atoms with Crippen molar-refractivity contribution in [3.8, 4) is 0 Å². The summed E-state index contributed by atoms with van der Waals surface area (Å²) in [7, 11) is 0. The van der Waals surface area contributed by atoms with E-state index in [4.69, 9.17) is 4.74 Å². The Bertz CT molecular complexity index is 181. The fourth-order valence-electron chi connectivity index (χ4n) is 1.22. The first-order valence-electron chi connectivity index (χ1n) is 4.67. The van der Waals surface area contributed by atoms with E-state index in [-0.39, 0.29) is 25.2 Å². The molecule has 0 aromatic carbocycles. The van der Waals surface area contributed by atoms with E-state index in [0.29, 0.717) is 0 Å². The predicted octanol–water partition coefficient (Wildman–Crippen LogP) is 1.51. The summed E-state index contributed by atoms with van der Waals surface area (Å²) in [6.07, 6.45) is 0.640. The third-order valence-corrected chi connectivity index (χ3v) is 1.77. The molecule has 0 saturated carbocycles. The summed E-state index contributed by atoms with van der Waals surface area (Å²) in [5.41, 5.74) is -0.219. The summed E-state index contributed by atoms with van der Waals surface area (Å²) >= 11 is 0. The Hall–Kier alpha value is -0.770. The van der Waals surface area contributed by atoms with E-state index < -0.39 is 0 Å². The second-order valence-corrected chi connectivity index (χ2v) is 4.40. The highest BCUT2D eigenvalue weighted by Crippen LogP contribution is 2.05. The van der Waals surface area contributed by atoms with E-state index in [0.717, 1.165) is 19.5 Å². The molecule has 1 rings (SSSR count). The molecule has 0 aliphatic carbocycles. The summed E-state index contributed by atoms with van der Waals surface area (Å²) < 4.78 is 5.17. The molecule has 4 nitrogen and oxygen atoms in total. The lowest BCUT2D eigenvalue weighted by Crippen LogP contribution is -2.42. The van der Waals surface area contributed by atoms with Crippen LogP contribution < -0.4 is 10.6 Å². The summed E-state index contributed by atoms with van der Waals surface area (Å²) in [5.74, 6) is 0. The molecule has 14 heavy (non-hydrogen) atoms. The van der Waals surface area contributed by atoms with Gasteiger partial charge in [0.15, 0.2) is 0 Å². The topological polar surface area (TPSA) is 50.4 Å². The minimum absolute atomic E-state index is 0. The molecule has 0 aromatic heterocycles. The predicted molar refractivity (Wildman–Crippen MR) is 57.4 cm³/mol. The summed E-state index contributed by atoms with van der Waals surface area (Å²) in [6, 6.07) is 0. The Labute approximate surface area is 86.4 Å². The largest absolute Gasteiger partial charge is 0.445 e. The van der Waals surface area contributed by atoms with Gasteiger partial charge in [-0.1, -0.05) is 7.43 Å². The number of hydrogen-bond acceptors (Lipinski definition) is 3. The molecule has 84 valence electrons. The molecule has 1 fully saturated rings. The van der Waals surface area contributed by atoms with Crippen molar-refractivity contribution in [1.82, 2.24) is 10.6 Å². The zero-order valence-corrected chi connectivity index (χ0v) is 8.52. The lowest BCUT2D eigenvalue weighted by atomic mass is 10.1. The van der Waals surface area contributed by atoms with Crippen LogP contribution in [0.25, 0.3) is 0 Å². The Morgan fingerprint density at radius 3 is 2.57 bits per heavy atom. The summed E-state index contributed by atoms with van der Waals surface area (Å²) in [6.45, 7) is 7.51. The highest BCUT2D eigenvalue weighted by atomic mass is 16.6. The van der Waals surface area contributed by atoms with Crippen molar-refractivity contribution >= 4 is 6.09 Å². The highest BCUT2D eigenvalue weighted by Gasteiger charge is 2.21. The van der Waals surface area contributed by atoms with Crippen molar-refractivity contribution in [1.29, 1.82) is 0 Å². The SMILES string of the molecule is C.CC(C)(C)NC(=O)OC1CCNC1. The van der Waals surface area contributed by atoms with Gasteiger partial charge in [0.1, 0.15) is 6.10 Å². The Morgan fingerprint density at radius 2 is 2.14 bits per heavy atom. The van der Waals surface area contributed by atoms with E-state index in [9.17, 15) is 4.79 Å². The smallest absolute Gasteiger partial charge is 0.407 e. The molecule has 1 heterocycles. The average Bonchev–Trinajstić information content (AvgIpc) is 2.34. The summed E-state index contributed by atoms with van der Waals surface area (Å²) in [4.78, 5) is 11.3. The van der Waals surface area contributed by atoms with Gasteiger partial charge in [-0.3, -0.25) is 0 Å². The van der Waals surface area contributed by atoms with Crippen LogP contribution in [0, 0.1) is 0 Å². The van der Waals surface area contributed by atoms with Crippen LogP contribution in [0.3, 0.4) is 0 Å². The molecule has 2 N–H and O–H groups in total. The van der Waals surface area contributed by atoms with Crippen molar-refractivity contribution in [2.24, 2.45) is 0 Å². The Balaban J connectivity index is 0.00000169. The first-order chi connectivity index (χ1) is 5.97. The molecule has 4 heteroatoms. The molecule has 0 spiro atoms. The number of carbonyl (C=O) groups excluding carboxylic acids is 1. The van der Waals surface area contributed by atoms with Crippen LogP contribution in [-0.4, -0.2) is 30.8 Å². The van der Waals surface area contributed by atoms with E-state index >= 15 is 0 Å². The fourth-order valence-corrected chi connectivity index (χ4v) is 1.22. The number of nitrogens with one attached hydrogen (secondary N) is 2. The van der Waals surface area contributed by atoms with Gasteiger partial charge in [-0.15, -0.1) is 0 Å². The molecule has 1 aliphatic rings. The first kappa shape index (κ1) is 13.2. The molecule has 0 aromatic rings. The number of rotatable bonds is 1. The van der Waals surface area contributed by atoms with Gasteiger partial charge in [0, 0.05) is 12.1 Å². The number of ether oxygens (including phenoxy) is 1. The Morgan fingerprint density at radius 1 is 1.50 bits per heavy atom. The lowest BCUT2D eigenvalue weighted by molar-refractivity contribution is 0.100. The molecular formula is C10H22N2O2. The van der Waals surface area contributed by atoms with Crippen molar-refractivity contribution in [2.75, 3.05) is 13.1 Å². The second kappa shape index (κ2) is 5.20. The molecule has 1 amide bonds. The quantitative estimate of drug-likeness (QED) is 0.677. The zero-order valence-electron chi connectivity index (χ0n) is 8.52. The van der Waals surface area contributed by atoms with Crippen molar-refractivity contribution in [3.63, 3.8) is 0 Å². The maximum Gasteiger partial charge on any atom is 0.407 e. The van der Waals surface area contributed by atoms with E-state index in [1.165, 1.54) is 0 Å². The molecule has 1 atom stereocenters. The van der Waals surface area contributed by atoms with Crippen molar-refractivity contribution in [3.05, 3.63) is 0 Å². The van der Waals surface area contributed by atoms with Crippen molar-refractivity contribution < 1.29 is 9.53 Å². The van der Waals surface area contributed by atoms with Crippen LogP contribution in [0.1, 0.15) is 34.6 Å². The molecule has 0 radical (unpaired) electrons. The molecule has 1 saturated heterocycles. The average molecular weight is 202 g/mol. The van der Waals surface area contributed by atoms with Gasteiger partial charge in [-0.25, -0.2) is 4.79 Å². The summed E-state index contributed by atoms with van der Waals surface area (Å²) in [5, 5.41) is 5.89. The fraction of sp³-hybridized carbons (Fsp3) is 0.900. The standard InChI is InChI=1S/C9H18N2O2.CH4/c1-9(2,3)11-8(12)13-7-4-5-10-6-7;/h7,10H,4-6H2,1-3H3,(H,11,12);1H4. The van der Waals surface area contributed by atoms with E-state index in [1.807, 2.05) is 20.8 Å². The van der Waals surface area contributed by atoms with Crippen molar-refractivity contribution in [2.45, 2.75) is 46.3 Å². The molecule has 0 bridgehead atoms. The third-order valence-electron chi connectivity index (χ3n) is 1.77. The number of hydrogen-bond donors (Lipinski definition) is 2. The van der Waals surface area contributed by atoms with Gasteiger partial charge in [-0.05, 0) is 33.7 Å². The van der Waals surface area contributed by atoms with Crippen LogP contribution in [0.2, 0.25) is 0 Å².